The Balaban J connectivity index is 0.000000300. The minimum Gasteiger partial charge on any atom is -0.436 e. The molecule has 0 aromatic heterocycles. The molecule has 0 N–H and O–H groups in total. The molecular weight excluding hydrogens is 390 g/mol. The molecule has 2 heterocycles. The van der Waals surface area contributed by atoms with Crippen molar-refractivity contribution in [2.45, 2.75) is 106 Å². The van der Waals surface area contributed by atoms with Crippen molar-refractivity contribution < 1.29 is 32.9 Å². The van der Waals surface area contributed by atoms with Crippen molar-refractivity contribution in [1.29, 1.82) is 0 Å². The van der Waals surface area contributed by atoms with Gasteiger partial charge < -0.3 is 18.9 Å². The maximum atomic E-state index is 13.8. The molecule has 7 heteroatoms. The number of carbonyl (C=O) groups is 2. The Morgan fingerprint density at radius 1 is 0.700 bits per heavy atom. The summed E-state index contributed by atoms with van der Waals surface area (Å²) in [7, 11) is 0. The molecule has 4 unspecified atom stereocenters. The number of alkyl halides is 1. The summed E-state index contributed by atoms with van der Waals surface area (Å²) in [6.45, 7) is 17.1. The van der Waals surface area contributed by atoms with Crippen LogP contribution in [0.25, 0.3) is 0 Å². The zero-order valence-electron chi connectivity index (χ0n) is 20.0. The van der Waals surface area contributed by atoms with Gasteiger partial charge in [0, 0.05) is 19.8 Å². The SMILES string of the molecule is CCC1O[C@@H](OC(C)=O)C(C)[C@@H](C)[C@@H]1C.CCC1O[C@@H](OC(C)=O)C([18F])[C@@H](C)[C@@H]1C. The van der Waals surface area contributed by atoms with Crippen LogP contribution in [0.2, 0.25) is 0 Å². The van der Waals surface area contributed by atoms with Crippen LogP contribution in [0.4, 0.5) is 4.39 Å². The van der Waals surface area contributed by atoms with Gasteiger partial charge in [-0.3, -0.25) is 9.59 Å². The number of halogens is 1. The number of hydrogen-bond acceptors (Lipinski definition) is 6. The molecule has 0 aromatic carbocycles. The van der Waals surface area contributed by atoms with Gasteiger partial charge in [-0.15, -0.1) is 0 Å². The summed E-state index contributed by atoms with van der Waals surface area (Å²) in [5.74, 6) is 0.559. The standard InChI is InChI=1S/C12H22O3.C11H19FO3/c1-6-11-8(3)7(2)9(4)12(15-11)14-10(5)13;1-5-9-6(2)7(3)10(12)11(15-9)14-8(4)13/h7-9,11-12H,6H2,1-5H3;6-7,9-11H,5H2,1-4H3/t7-,8-,9?,11?,12+;6-,7-,9?,10?,11+/m00/s1/i;12-1. The Morgan fingerprint density at radius 2 is 1.10 bits per heavy atom. The van der Waals surface area contributed by atoms with Crippen LogP contribution in [0.15, 0.2) is 0 Å². The van der Waals surface area contributed by atoms with E-state index in [4.69, 9.17) is 18.9 Å². The normalized spacial score (nSPS) is 41.3. The number of carbonyl (C=O) groups excluding carboxylic acids is 2. The Bertz CT molecular complexity index is 504. The Labute approximate surface area is 181 Å². The first kappa shape index (κ1) is 26.8. The van der Waals surface area contributed by atoms with Crippen LogP contribution in [-0.2, 0) is 28.5 Å². The van der Waals surface area contributed by atoms with Crippen molar-refractivity contribution in [2.24, 2.45) is 29.6 Å². The molecule has 0 aromatic rings. The summed E-state index contributed by atoms with van der Waals surface area (Å²) < 4.78 is 35.0. The van der Waals surface area contributed by atoms with Crippen molar-refractivity contribution in [3.05, 3.63) is 0 Å². The predicted molar refractivity (Wildman–Crippen MR) is 112 cm³/mol. The highest BCUT2D eigenvalue weighted by Gasteiger charge is 2.43. The highest BCUT2D eigenvalue weighted by Crippen LogP contribution is 2.36. The molecule has 2 fully saturated rings. The van der Waals surface area contributed by atoms with Gasteiger partial charge in [-0.1, -0.05) is 48.5 Å². The maximum absolute atomic E-state index is 13.8. The molecule has 176 valence electrons. The third-order valence-corrected chi connectivity index (χ3v) is 6.84. The fraction of sp³-hybridized carbons (Fsp3) is 0.913. The lowest BCUT2D eigenvalue weighted by Crippen LogP contribution is -2.48. The van der Waals surface area contributed by atoms with E-state index in [0.717, 1.165) is 12.8 Å². The minimum absolute atomic E-state index is 0.0312. The van der Waals surface area contributed by atoms with E-state index in [1.165, 1.54) is 13.8 Å². The van der Waals surface area contributed by atoms with Crippen molar-refractivity contribution in [3.63, 3.8) is 0 Å². The molecule has 2 rings (SSSR count). The van der Waals surface area contributed by atoms with Crippen LogP contribution in [-0.4, -0.2) is 42.9 Å². The molecule has 0 radical (unpaired) electrons. The minimum atomic E-state index is -1.23. The lowest BCUT2D eigenvalue weighted by molar-refractivity contribution is -0.246. The van der Waals surface area contributed by atoms with Crippen LogP contribution < -0.4 is 0 Å². The molecule has 2 aliphatic rings. The van der Waals surface area contributed by atoms with E-state index < -0.39 is 18.4 Å². The Kier molecular flexibility index (Phi) is 10.7. The number of rotatable bonds is 4. The summed E-state index contributed by atoms with van der Waals surface area (Å²) in [5.41, 5.74) is 0. The van der Waals surface area contributed by atoms with Gasteiger partial charge in [-0.25, -0.2) is 4.39 Å². The Hall–Kier alpha value is -1.21. The van der Waals surface area contributed by atoms with E-state index in [9.17, 15) is 14.0 Å². The fourth-order valence-electron chi connectivity index (χ4n) is 4.22. The molecule has 0 bridgehead atoms. The van der Waals surface area contributed by atoms with Gasteiger partial charge in [0.05, 0.1) is 12.2 Å². The first-order valence-corrected chi connectivity index (χ1v) is 11.2. The highest BCUT2D eigenvalue weighted by atomic mass is 18.2. The quantitative estimate of drug-likeness (QED) is 0.591. The fourth-order valence-corrected chi connectivity index (χ4v) is 4.22. The first-order valence-electron chi connectivity index (χ1n) is 11.2. The van der Waals surface area contributed by atoms with Gasteiger partial charge in [-0.05, 0) is 36.5 Å². The van der Waals surface area contributed by atoms with E-state index in [1.807, 2.05) is 20.8 Å². The zero-order valence-corrected chi connectivity index (χ0v) is 20.0. The largest absolute Gasteiger partial charge is 0.436 e. The second-order valence-corrected chi connectivity index (χ2v) is 8.86. The highest BCUT2D eigenvalue weighted by molar-refractivity contribution is 5.66. The van der Waals surface area contributed by atoms with Gasteiger partial charge in [0.15, 0.2) is 6.17 Å². The molecule has 0 saturated carbocycles. The molecule has 0 spiro atoms. The molecule has 2 aliphatic heterocycles. The lowest BCUT2D eigenvalue weighted by Gasteiger charge is -2.42. The third kappa shape index (κ3) is 6.91. The van der Waals surface area contributed by atoms with Crippen molar-refractivity contribution in [3.8, 4) is 0 Å². The summed E-state index contributed by atoms with van der Waals surface area (Å²) >= 11 is 0. The van der Waals surface area contributed by atoms with E-state index in [-0.39, 0.29) is 42.2 Å². The number of esters is 2. The third-order valence-electron chi connectivity index (χ3n) is 6.84. The molecule has 30 heavy (non-hydrogen) atoms. The maximum Gasteiger partial charge on any atom is 0.305 e. The van der Waals surface area contributed by atoms with Crippen LogP contribution in [0.1, 0.15) is 75.2 Å². The van der Waals surface area contributed by atoms with E-state index >= 15 is 0 Å². The molecule has 0 amide bonds. The van der Waals surface area contributed by atoms with Crippen molar-refractivity contribution >= 4 is 11.9 Å². The zero-order chi connectivity index (χ0) is 23.2. The van der Waals surface area contributed by atoms with Gasteiger partial charge in [-0.2, -0.15) is 0 Å². The molecule has 6 nitrogen and oxygen atoms in total. The van der Waals surface area contributed by atoms with E-state index in [1.54, 1.807) is 0 Å². The number of hydrogen-bond donors (Lipinski definition) is 0. The summed E-state index contributed by atoms with van der Waals surface area (Å²) in [6.07, 6.45) is -0.674. The number of ether oxygens (including phenoxy) is 4. The van der Waals surface area contributed by atoms with Crippen LogP contribution in [0.3, 0.4) is 0 Å². The van der Waals surface area contributed by atoms with Crippen LogP contribution >= 0.6 is 0 Å². The van der Waals surface area contributed by atoms with Crippen molar-refractivity contribution in [1.82, 2.24) is 0 Å². The smallest absolute Gasteiger partial charge is 0.305 e. The molecule has 0 aliphatic carbocycles. The Morgan fingerprint density at radius 3 is 1.53 bits per heavy atom. The second kappa shape index (κ2) is 12.0. The van der Waals surface area contributed by atoms with Gasteiger partial charge in [0.1, 0.15) is 0 Å². The summed E-state index contributed by atoms with van der Waals surface area (Å²) in [6, 6.07) is 0. The van der Waals surface area contributed by atoms with Crippen LogP contribution in [0, 0.1) is 29.6 Å². The molecule has 2 saturated heterocycles. The van der Waals surface area contributed by atoms with E-state index in [0.29, 0.717) is 11.8 Å². The van der Waals surface area contributed by atoms with E-state index in [2.05, 4.69) is 27.7 Å². The van der Waals surface area contributed by atoms with Crippen LogP contribution in [0.5, 0.6) is 0 Å². The average Bonchev–Trinajstić information content (AvgIpc) is 2.68. The van der Waals surface area contributed by atoms with Gasteiger partial charge in [0.25, 0.3) is 0 Å². The second-order valence-electron chi connectivity index (χ2n) is 8.86. The topological polar surface area (TPSA) is 71.1 Å². The average molecular weight is 432 g/mol. The molecule has 10 atom stereocenters. The summed E-state index contributed by atoms with van der Waals surface area (Å²) in [5, 5.41) is 0. The van der Waals surface area contributed by atoms with Crippen molar-refractivity contribution in [2.75, 3.05) is 0 Å². The molecular formula is C23H41FO6. The van der Waals surface area contributed by atoms with Gasteiger partial charge >= 0.3 is 11.9 Å². The lowest BCUT2D eigenvalue weighted by atomic mass is 9.78. The predicted octanol–water partition coefficient (Wildman–Crippen LogP) is 4.89. The van der Waals surface area contributed by atoms with Gasteiger partial charge in [0.2, 0.25) is 12.6 Å². The summed E-state index contributed by atoms with van der Waals surface area (Å²) in [4.78, 5) is 21.7. The monoisotopic (exact) mass is 431 g/mol. The first-order chi connectivity index (χ1) is 13.9.